The molecule has 0 saturated heterocycles. The zero-order valence-corrected chi connectivity index (χ0v) is 19.4. The Kier molecular flexibility index (Phi) is 5.49. The van der Waals surface area contributed by atoms with E-state index in [0.29, 0.717) is 25.7 Å². The number of aliphatic hydroxyl groups is 2. The van der Waals surface area contributed by atoms with Crippen molar-refractivity contribution in [3.8, 4) is 0 Å². The van der Waals surface area contributed by atoms with E-state index in [2.05, 4.69) is 0 Å². The van der Waals surface area contributed by atoms with Crippen LogP contribution in [0.5, 0.6) is 0 Å². The molecule has 0 aromatic rings. The van der Waals surface area contributed by atoms with Gasteiger partial charge in [0, 0.05) is 35.5 Å². The maximum absolute atomic E-state index is 17.2. The number of aliphatic hydroxyl groups excluding tert-OH is 2. The summed E-state index contributed by atoms with van der Waals surface area (Å²) < 4.78 is 23.1. The largest absolute Gasteiger partial charge is 0.450 e. The van der Waals surface area contributed by atoms with Crippen molar-refractivity contribution < 1.29 is 33.7 Å². The fourth-order valence-electron chi connectivity index (χ4n) is 8.13. The molecule has 0 aliphatic heterocycles. The first-order valence-corrected chi connectivity index (χ1v) is 11.9. The Morgan fingerprint density at radius 3 is 2.56 bits per heavy atom. The van der Waals surface area contributed by atoms with Gasteiger partial charge in [-0.2, -0.15) is 0 Å². The minimum Gasteiger partial charge on any atom is -0.450 e. The number of hydrogen-bond donors (Lipinski definition) is 2. The van der Waals surface area contributed by atoms with E-state index >= 15 is 4.39 Å². The van der Waals surface area contributed by atoms with Crippen molar-refractivity contribution in [3.05, 3.63) is 11.6 Å². The molecule has 3 fully saturated rings. The van der Waals surface area contributed by atoms with Crippen LogP contribution < -0.4 is 0 Å². The second-order valence-corrected chi connectivity index (χ2v) is 10.9. The average molecular weight is 451 g/mol. The number of carbonyl (C=O) groups is 3. The highest BCUT2D eigenvalue weighted by Crippen LogP contribution is 2.71. The Morgan fingerprint density at radius 2 is 1.94 bits per heavy atom. The highest BCUT2D eigenvalue weighted by molar-refractivity contribution is 5.93. The molecule has 2 N–H and O–H groups in total. The van der Waals surface area contributed by atoms with Crippen molar-refractivity contribution >= 4 is 17.5 Å². The lowest BCUT2D eigenvalue weighted by Gasteiger charge is -2.63. The summed E-state index contributed by atoms with van der Waals surface area (Å²) in [5.74, 6) is -2.38. The highest BCUT2D eigenvalue weighted by atomic mass is 19.1. The van der Waals surface area contributed by atoms with E-state index in [1.54, 1.807) is 13.0 Å². The maximum atomic E-state index is 17.2. The summed E-state index contributed by atoms with van der Waals surface area (Å²) in [5, 5.41) is 21.2. The number of rotatable bonds is 4. The molecule has 7 heteroatoms. The van der Waals surface area contributed by atoms with Gasteiger partial charge in [-0.25, -0.2) is 4.39 Å². The van der Waals surface area contributed by atoms with Crippen molar-refractivity contribution in [2.75, 3.05) is 6.61 Å². The Morgan fingerprint density at radius 1 is 1.25 bits per heavy atom. The minimum absolute atomic E-state index is 0.00295. The summed E-state index contributed by atoms with van der Waals surface area (Å²) in [4.78, 5) is 37.6. The topological polar surface area (TPSA) is 101 Å². The lowest BCUT2D eigenvalue weighted by molar-refractivity contribution is -0.235. The molecule has 32 heavy (non-hydrogen) atoms. The van der Waals surface area contributed by atoms with Crippen LogP contribution in [-0.4, -0.2) is 51.7 Å². The van der Waals surface area contributed by atoms with Crippen molar-refractivity contribution in [1.29, 1.82) is 0 Å². The van der Waals surface area contributed by atoms with E-state index < -0.39 is 58.4 Å². The van der Waals surface area contributed by atoms with Crippen LogP contribution in [0.3, 0.4) is 0 Å². The van der Waals surface area contributed by atoms with Crippen molar-refractivity contribution in [1.82, 2.24) is 0 Å². The Balaban J connectivity index is 1.84. The summed E-state index contributed by atoms with van der Waals surface area (Å²) in [7, 11) is 0. The molecule has 0 radical (unpaired) electrons. The van der Waals surface area contributed by atoms with Gasteiger partial charge in [0.25, 0.3) is 0 Å². The fourth-order valence-corrected chi connectivity index (χ4v) is 8.13. The SMILES string of the molecule is CCC(=O)O[C@]1(C(=O)CO)[C@@H](C)C[C@H]2[C@@H]3CCC4=CC(=O)CC[C@]4(C)[C@@]3(F)[C@@H](O)C[C@@]21C. The van der Waals surface area contributed by atoms with Crippen LogP contribution in [0.15, 0.2) is 11.6 Å². The monoisotopic (exact) mass is 450 g/mol. The Hall–Kier alpha value is -1.60. The van der Waals surface area contributed by atoms with Crippen LogP contribution in [0.2, 0.25) is 0 Å². The first-order chi connectivity index (χ1) is 14.9. The molecule has 0 spiro atoms. The molecule has 0 amide bonds. The first kappa shape index (κ1) is 23.6. The minimum atomic E-state index is -1.94. The second kappa shape index (κ2) is 7.45. The number of fused-ring (bicyclic) bond motifs is 5. The lowest BCUT2D eigenvalue weighted by atomic mass is 9.43. The van der Waals surface area contributed by atoms with Gasteiger partial charge in [-0.05, 0) is 44.1 Å². The summed E-state index contributed by atoms with van der Waals surface area (Å²) in [6.45, 7) is 6.32. The molecule has 0 bridgehead atoms. The van der Waals surface area contributed by atoms with Crippen LogP contribution >= 0.6 is 0 Å². The summed E-state index contributed by atoms with van der Waals surface area (Å²) in [5.41, 5.74) is -4.70. The van der Waals surface area contributed by atoms with E-state index in [0.717, 1.165) is 5.57 Å². The third-order valence-electron chi connectivity index (χ3n) is 9.70. The predicted octanol–water partition coefficient (Wildman–Crippen LogP) is 3.08. The number of ketones is 2. The maximum Gasteiger partial charge on any atom is 0.306 e. The molecule has 8 atom stereocenters. The molecule has 0 unspecified atom stereocenters. The first-order valence-electron chi connectivity index (χ1n) is 11.9. The van der Waals surface area contributed by atoms with Gasteiger partial charge in [-0.3, -0.25) is 14.4 Å². The van der Waals surface area contributed by atoms with Gasteiger partial charge in [0.1, 0.15) is 12.3 Å². The highest BCUT2D eigenvalue weighted by Gasteiger charge is 2.77. The van der Waals surface area contributed by atoms with E-state index in [4.69, 9.17) is 4.74 Å². The summed E-state index contributed by atoms with van der Waals surface area (Å²) in [6.07, 6.45) is 2.32. The molecular formula is C25H35FO6. The van der Waals surface area contributed by atoms with Crippen LogP contribution in [0.25, 0.3) is 0 Å². The van der Waals surface area contributed by atoms with E-state index in [-0.39, 0.29) is 31.0 Å². The molecule has 3 saturated carbocycles. The number of halogens is 1. The fraction of sp³-hybridized carbons (Fsp3) is 0.800. The third-order valence-corrected chi connectivity index (χ3v) is 9.70. The molecule has 4 rings (SSSR count). The Bertz CT molecular complexity index is 884. The van der Waals surface area contributed by atoms with Gasteiger partial charge in [-0.15, -0.1) is 0 Å². The average Bonchev–Trinajstić information content (AvgIpc) is 2.96. The smallest absolute Gasteiger partial charge is 0.306 e. The van der Waals surface area contributed by atoms with Crippen molar-refractivity contribution in [2.45, 2.75) is 90.0 Å². The third kappa shape index (κ3) is 2.67. The number of hydrogen-bond acceptors (Lipinski definition) is 6. The second-order valence-electron chi connectivity index (χ2n) is 10.9. The molecule has 178 valence electrons. The molecule has 4 aliphatic rings. The number of ether oxygens (including phenoxy) is 1. The summed E-state index contributed by atoms with van der Waals surface area (Å²) in [6, 6.07) is 0. The molecule has 6 nitrogen and oxygen atoms in total. The van der Waals surface area contributed by atoms with Gasteiger partial charge in [0.05, 0.1) is 6.10 Å². The zero-order chi connectivity index (χ0) is 23.7. The molecule has 0 heterocycles. The van der Waals surface area contributed by atoms with E-state index in [1.165, 1.54) is 0 Å². The van der Waals surface area contributed by atoms with Crippen molar-refractivity contribution in [2.24, 2.45) is 28.6 Å². The van der Waals surface area contributed by atoms with Crippen LogP contribution in [0, 0.1) is 28.6 Å². The number of carbonyl (C=O) groups excluding carboxylic acids is 3. The van der Waals surface area contributed by atoms with E-state index in [1.807, 2.05) is 20.8 Å². The van der Waals surface area contributed by atoms with Crippen molar-refractivity contribution in [3.63, 3.8) is 0 Å². The molecular weight excluding hydrogens is 415 g/mol. The number of allylic oxidation sites excluding steroid dienone is 1. The molecule has 0 aromatic carbocycles. The molecule has 0 aromatic heterocycles. The van der Waals surface area contributed by atoms with Gasteiger partial charge in [0.2, 0.25) is 5.78 Å². The van der Waals surface area contributed by atoms with E-state index in [9.17, 15) is 24.6 Å². The van der Waals surface area contributed by atoms with Crippen LogP contribution in [0.1, 0.15) is 72.6 Å². The van der Waals surface area contributed by atoms with Gasteiger partial charge < -0.3 is 14.9 Å². The Labute approximate surface area is 188 Å². The quantitative estimate of drug-likeness (QED) is 0.639. The standard InChI is InChI=1S/C25H35FO6/c1-5-21(31)32-25(20(30)13-27)14(2)10-18-17-7-6-15-11-16(28)8-9-22(15,3)24(17,26)19(29)12-23(18,25)4/h11,14,17-19,27,29H,5-10,12-13H2,1-4H3/t14-,17-,18-,19-,22-,23-,24-,25-/m0/s1. The normalized spacial score (nSPS) is 47.7. The lowest BCUT2D eigenvalue weighted by Crippen LogP contribution is -2.70. The van der Waals surface area contributed by atoms with Crippen LogP contribution in [-0.2, 0) is 19.1 Å². The van der Waals surface area contributed by atoms with Gasteiger partial charge in [0.15, 0.2) is 11.4 Å². The van der Waals surface area contributed by atoms with Crippen LogP contribution in [0.4, 0.5) is 4.39 Å². The number of esters is 1. The predicted molar refractivity (Wildman–Crippen MR) is 114 cm³/mol. The number of Topliss-reactive ketones (excluding diaryl/α,β-unsaturated/α-hetero) is 1. The van der Waals surface area contributed by atoms with Gasteiger partial charge in [-0.1, -0.05) is 33.3 Å². The van der Waals surface area contributed by atoms with Gasteiger partial charge >= 0.3 is 5.97 Å². The molecule has 4 aliphatic carbocycles. The number of alkyl halides is 1. The zero-order valence-electron chi connectivity index (χ0n) is 19.4. The summed E-state index contributed by atoms with van der Waals surface area (Å²) >= 11 is 0.